The molecule has 0 aliphatic carbocycles. The van der Waals surface area contributed by atoms with Crippen LogP contribution < -0.4 is 5.73 Å². The number of rotatable bonds is 3. The van der Waals surface area contributed by atoms with E-state index >= 15 is 0 Å². The number of nitrogens with two attached hydrogens (primary N) is 1. The van der Waals surface area contributed by atoms with Gasteiger partial charge in [-0.25, -0.2) is 9.97 Å². The normalized spacial score (nSPS) is 13.5. The number of aryl methyl sites for hydroxylation is 1. The highest BCUT2D eigenvalue weighted by molar-refractivity contribution is 5.24. The topological polar surface area (TPSA) is 69.6 Å². The molecule has 0 bridgehead atoms. The van der Waals surface area contributed by atoms with Crippen LogP contribution in [0.15, 0.2) is 24.7 Å². The first kappa shape index (κ1) is 13.5. The maximum absolute atomic E-state index is 12.4. The molecule has 0 aliphatic heterocycles. The van der Waals surface area contributed by atoms with Crippen molar-refractivity contribution >= 4 is 0 Å². The fourth-order valence-electron chi connectivity index (χ4n) is 1.71. The standard InChI is InChI=1S/C11H12F3N5/c1-19-3-2-9(18-19)8(4-15)7-5-16-10(17-6-7)11(12,13)14/h2-3,5-6,8H,4,15H2,1H3/t8-/m1/s1. The number of alkyl halides is 3. The Labute approximate surface area is 107 Å². The summed E-state index contributed by atoms with van der Waals surface area (Å²) in [6.07, 6.45) is -0.519. The molecule has 0 spiro atoms. The molecular weight excluding hydrogens is 259 g/mol. The minimum atomic E-state index is -4.54. The quantitative estimate of drug-likeness (QED) is 0.914. The molecule has 8 heteroatoms. The lowest BCUT2D eigenvalue weighted by Gasteiger charge is -2.12. The third kappa shape index (κ3) is 2.90. The summed E-state index contributed by atoms with van der Waals surface area (Å²) < 4.78 is 38.7. The van der Waals surface area contributed by atoms with Gasteiger partial charge in [-0.15, -0.1) is 0 Å². The smallest absolute Gasteiger partial charge is 0.329 e. The van der Waals surface area contributed by atoms with Gasteiger partial charge >= 0.3 is 6.18 Å². The van der Waals surface area contributed by atoms with Crippen LogP contribution in [0.3, 0.4) is 0 Å². The third-order valence-corrected chi connectivity index (χ3v) is 2.65. The van der Waals surface area contributed by atoms with E-state index < -0.39 is 12.0 Å². The molecule has 2 rings (SSSR count). The van der Waals surface area contributed by atoms with E-state index in [0.717, 1.165) is 12.4 Å². The van der Waals surface area contributed by atoms with Gasteiger partial charge in [0.25, 0.3) is 0 Å². The van der Waals surface area contributed by atoms with Crippen molar-refractivity contribution in [3.63, 3.8) is 0 Å². The molecule has 0 saturated heterocycles. The Balaban J connectivity index is 2.30. The van der Waals surface area contributed by atoms with E-state index in [0.29, 0.717) is 11.3 Å². The van der Waals surface area contributed by atoms with E-state index in [1.165, 1.54) is 0 Å². The van der Waals surface area contributed by atoms with Gasteiger partial charge in [0, 0.05) is 38.1 Å². The van der Waals surface area contributed by atoms with Gasteiger partial charge in [0.15, 0.2) is 0 Å². The Bertz CT molecular complexity index is 546. The Morgan fingerprint density at radius 1 is 1.32 bits per heavy atom. The highest BCUT2D eigenvalue weighted by atomic mass is 19.4. The first-order valence-corrected chi connectivity index (χ1v) is 5.50. The first-order chi connectivity index (χ1) is 8.91. The Kier molecular flexibility index (Phi) is 3.52. The van der Waals surface area contributed by atoms with Crippen molar-refractivity contribution in [1.29, 1.82) is 0 Å². The fraction of sp³-hybridized carbons (Fsp3) is 0.364. The lowest BCUT2D eigenvalue weighted by atomic mass is 9.99. The lowest BCUT2D eigenvalue weighted by Crippen LogP contribution is -2.17. The van der Waals surface area contributed by atoms with Crippen molar-refractivity contribution in [2.45, 2.75) is 12.1 Å². The molecular formula is C11H12F3N5. The minimum absolute atomic E-state index is 0.214. The molecule has 0 saturated carbocycles. The van der Waals surface area contributed by atoms with Crippen LogP contribution in [0.4, 0.5) is 13.2 Å². The largest absolute Gasteiger partial charge is 0.451 e. The molecule has 0 aliphatic rings. The van der Waals surface area contributed by atoms with Crippen molar-refractivity contribution in [1.82, 2.24) is 19.7 Å². The molecule has 5 nitrogen and oxygen atoms in total. The number of aromatic nitrogens is 4. The van der Waals surface area contributed by atoms with Crippen LogP contribution >= 0.6 is 0 Å². The number of hydrogen-bond acceptors (Lipinski definition) is 4. The second kappa shape index (κ2) is 4.96. The van der Waals surface area contributed by atoms with E-state index in [1.807, 2.05) is 0 Å². The van der Waals surface area contributed by atoms with Gasteiger partial charge in [0.2, 0.25) is 5.82 Å². The van der Waals surface area contributed by atoms with Crippen LogP contribution in [-0.2, 0) is 13.2 Å². The second-order valence-corrected chi connectivity index (χ2v) is 4.04. The van der Waals surface area contributed by atoms with E-state index in [2.05, 4.69) is 15.1 Å². The molecule has 102 valence electrons. The first-order valence-electron chi connectivity index (χ1n) is 5.50. The van der Waals surface area contributed by atoms with E-state index in [1.54, 1.807) is 24.0 Å². The van der Waals surface area contributed by atoms with Crippen molar-refractivity contribution in [2.75, 3.05) is 6.54 Å². The summed E-state index contributed by atoms with van der Waals surface area (Å²) in [5.41, 5.74) is 6.83. The zero-order chi connectivity index (χ0) is 14.0. The summed E-state index contributed by atoms with van der Waals surface area (Å²) in [5.74, 6) is -1.48. The Morgan fingerprint density at radius 3 is 2.37 bits per heavy atom. The van der Waals surface area contributed by atoms with Crippen molar-refractivity contribution in [3.8, 4) is 0 Å². The average Bonchev–Trinajstić information content (AvgIpc) is 2.76. The average molecular weight is 271 g/mol. The summed E-state index contributed by atoms with van der Waals surface area (Å²) in [7, 11) is 1.75. The van der Waals surface area contributed by atoms with Crippen LogP contribution in [0.5, 0.6) is 0 Å². The monoisotopic (exact) mass is 271 g/mol. The molecule has 2 aromatic heterocycles. The maximum Gasteiger partial charge on any atom is 0.451 e. The molecule has 1 atom stereocenters. The van der Waals surface area contributed by atoms with Crippen LogP contribution in [0.25, 0.3) is 0 Å². The third-order valence-electron chi connectivity index (χ3n) is 2.65. The summed E-state index contributed by atoms with van der Waals surface area (Å²) in [6, 6.07) is 1.76. The molecule has 0 fully saturated rings. The molecule has 0 unspecified atom stereocenters. The number of nitrogens with zero attached hydrogens (tertiary/aromatic N) is 4. The van der Waals surface area contributed by atoms with Crippen molar-refractivity contribution in [2.24, 2.45) is 12.8 Å². The summed E-state index contributed by atoms with van der Waals surface area (Å²) in [6.45, 7) is 0.214. The van der Waals surface area contributed by atoms with Crippen LogP contribution in [0.2, 0.25) is 0 Å². The van der Waals surface area contributed by atoms with E-state index in [4.69, 9.17) is 5.73 Å². The molecule has 19 heavy (non-hydrogen) atoms. The van der Waals surface area contributed by atoms with E-state index in [-0.39, 0.29) is 12.5 Å². The lowest BCUT2D eigenvalue weighted by molar-refractivity contribution is -0.145. The predicted octanol–water partition coefficient (Wildman–Crippen LogP) is 1.32. The Morgan fingerprint density at radius 2 is 1.95 bits per heavy atom. The van der Waals surface area contributed by atoms with Crippen LogP contribution in [0.1, 0.15) is 23.0 Å². The zero-order valence-electron chi connectivity index (χ0n) is 10.1. The number of hydrogen-bond donors (Lipinski definition) is 1. The zero-order valence-corrected chi connectivity index (χ0v) is 10.1. The fourth-order valence-corrected chi connectivity index (χ4v) is 1.71. The molecule has 2 aromatic rings. The van der Waals surface area contributed by atoms with Crippen LogP contribution in [-0.4, -0.2) is 26.3 Å². The van der Waals surface area contributed by atoms with Gasteiger partial charge < -0.3 is 5.73 Å². The van der Waals surface area contributed by atoms with Gasteiger partial charge in [-0.2, -0.15) is 18.3 Å². The van der Waals surface area contributed by atoms with Gasteiger partial charge in [-0.1, -0.05) is 0 Å². The molecule has 2 N–H and O–H groups in total. The molecule has 0 amide bonds. The minimum Gasteiger partial charge on any atom is -0.329 e. The summed E-state index contributed by atoms with van der Waals surface area (Å²) >= 11 is 0. The molecule has 2 heterocycles. The maximum atomic E-state index is 12.4. The highest BCUT2D eigenvalue weighted by Gasteiger charge is 2.34. The second-order valence-electron chi connectivity index (χ2n) is 4.04. The molecule has 0 radical (unpaired) electrons. The van der Waals surface area contributed by atoms with Crippen molar-refractivity contribution in [3.05, 3.63) is 41.7 Å². The summed E-state index contributed by atoms with van der Waals surface area (Å²) in [5, 5.41) is 4.19. The van der Waals surface area contributed by atoms with Crippen molar-refractivity contribution < 1.29 is 13.2 Å². The highest BCUT2D eigenvalue weighted by Crippen LogP contribution is 2.27. The SMILES string of the molecule is Cn1ccc([C@H](CN)c2cnc(C(F)(F)F)nc2)n1. The molecule has 0 aromatic carbocycles. The van der Waals surface area contributed by atoms with Gasteiger partial charge in [-0.05, 0) is 11.6 Å². The van der Waals surface area contributed by atoms with Crippen LogP contribution in [0, 0.1) is 0 Å². The predicted molar refractivity (Wildman–Crippen MR) is 61.1 cm³/mol. The van der Waals surface area contributed by atoms with Gasteiger partial charge in [0.05, 0.1) is 5.69 Å². The Hall–Kier alpha value is -1.96. The summed E-state index contributed by atoms with van der Waals surface area (Å²) in [4.78, 5) is 6.65. The number of halogens is 3. The van der Waals surface area contributed by atoms with Gasteiger partial charge in [-0.3, -0.25) is 4.68 Å². The van der Waals surface area contributed by atoms with Gasteiger partial charge in [0.1, 0.15) is 0 Å². The van der Waals surface area contributed by atoms with E-state index in [9.17, 15) is 13.2 Å².